The fourth-order valence-electron chi connectivity index (χ4n) is 2.79. The van der Waals surface area contributed by atoms with Crippen molar-refractivity contribution < 1.29 is 9.90 Å². The maximum Gasteiger partial charge on any atom is 0.252 e. The van der Waals surface area contributed by atoms with Gasteiger partial charge < -0.3 is 10.4 Å². The number of aliphatic hydroxyl groups excluding tert-OH is 1. The molecule has 2 aromatic carbocycles. The number of carbonyl (C=O) groups excluding carboxylic acids is 1. The molecule has 2 aromatic rings. The van der Waals surface area contributed by atoms with Gasteiger partial charge in [-0.2, -0.15) is 0 Å². The number of aliphatic hydroxyl groups is 1. The number of hydrogen-bond donors (Lipinski definition) is 2. The minimum Gasteiger partial charge on any atom is -0.390 e. The molecule has 108 valence electrons. The molecular weight excluding hydrogens is 377 g/mol. The Morgan fingerprint density at radius 3 is 2.81 bits per heavy atom. The van der Waals surface area contributed by atoms with Crippen molar-refractivity contribution in [2.75, 3.05) is 0 Å². The largest absolute Gasteiger partial charge is 0.390 e. The molecule has 1 aliphatic rings. The molecule has 0 saturated heterocycles. The number of aryl methyl sites for hydroxylation is 1. The van der Waals surface area contributed by atoms with Crippen LogP contribution in [0.4, 0.5) is 0 Å². The van der Waals surface area contributed by atoms with Crippen LogP contribution in [0.1, 0.15) is 33.1 Å². The molecule has 0 radical (unpaired) electrons. The number of fused-ring (bicyclic) bond motifs is 1. The maximum atomic E-state index is 12.5. The van der Waals surface area contributed by atoms with E-state index in [4.69, 9.17) is 0 Å². The number of rotatable bonds is 2. The predicted octanol–water partition coefficient (Wildman–Crippen LogP) is 2.99. The van der Waals surface area contributed by atoms with E-state index in [-0.39, 0.29) is 11.9 Å². The highest BCUT2D eigenvalue weighted by Crippen LogP contribution is 2.31. The third-order valence-electron chi connectivity index (χ3n) is 3.93. The molecule has 0 aromatic heterocycles. The van der Waals surface area contributed by atoms with E-state index in [9.17, 15) is 9.90 Å². The number of amides is 1. The van der Waals surface area contributed by atoms with Gasteiger partial charge in [-0.1, -0.05) is 36.4 Å². The van der Waals surface area contributed by atoms with Crippen LogP contribution in [0.25, 0.3) is 0 Å². The van der Waals surface area contributed by atoms with Gasteiger partial charge in [0.1, 0.15) is 0 Å². The lowest BCUT2D eigenvalue weighted by molar-refractivity contribution is 0.0857. The van der Waals surface area contributed by atoms with Gasteiger partial charge in [0.2, 0.25) is 0 Å². The first-order chi connectivity index (χ1) is 10.1. The van der Waals surface area contributed by atoms with Crippen LogP contribution in [0, 0.1) is 10.5 Å². The van der Waals surface area contributed by atoms with Gasteiger partial charge in [-0.3, -0.25) is 4.79 Å². The molecule has 21 heavy (non-hydrogen) atoms. The molecular formula is C17H16INO2. The normalized spacial score (nSPS) is 20.1. The first-order valence-corrected chi connectivity index (χ1v) is 7.97. The summed E-state index contributed by atoms with van der Waals surface area (Å²) in [6.07, 6.45) is 0.0280. The zero-order chi connectivity index (χ0) is 15.0. The standard InChI is InChI=1S/C17H16INO2/c1-10-5-4-8-13(15(10)18)17(21)19-16-12-7-3-2-6-11(12)9-14(16)20/h2-8,14,16,20H,9H2,1H3,(H,19,21)/t14-,16+/m1/s1. The van der Waals surface area contributed by atoms with Crippen molar-refractivity contribution in [3.8, 4) is 0 Å². The van der Waals surface area contributed by atoms with Gasteiger partial charge in [-0.15, -0.1) is 0 Å². The zero-order valence-electron chi connectivity index (χ0n) is 11.6. The molecule has 0 aliphatic heterocycles. The Labute approximate surface area is 137 Å². The molecule has 2 N–H and O–H groups in total. The summed E-state index contributed by atoms with van der Waals surface area (Å²) >= 11 is 2.19. The van der Waals surface area contributed by atoms with Gasteiger partial charge in [0.15, 0.2) is 0 Å². The summed E-state index contributed by atoms with van der Waals surface area (Å²) in [6, 6.07) is 13.2. The van der Waals surface area contributed by atoms with E-state index < -0.39 is 6.10 Å². The molecule has 0 spiro atoms. The van der Waals surface area contributed by atoms with E-state index in [0.29, 0.717) is 12.0 Å². The third kappa shape index (κ3) is 2.70. The van der Waals surface area contributed by atoms with Crippen LogP contribution >= 0.6 is 22.6 Å². The van der Waals surface area contributed by atoms with Crippen LogP contribution in [0.15, 0.2) is 42.5 Å². The summed E-state index contributed by atoms with van der Waals surface area (Å²) in [5, 5.41) is 13.2. The van der Waals surface area contributed by atoms with Gasteiger partial charge >= 0.3 is 0 Å². The van der Waals surface area contributed by atoms with Crippen LogP contribution in [-0.2, 0) is 6.42 Å². The van der Waals surface area contributed by atoms with Crippen molar-refractivity contribution in [3.05, 3.63) is 68.3 Å². The van der Waals surface area contributed by atoms with E-state index in [1.54, 1.807) is 0 Å². The average molecular weight is 393 g/mol. The Morgan fingerprint density at radius 1 is 1.24 bits per heavy atom. The fraction of sp³-hybridized carbons (Fsp3) is 0.235. The summed E-state index contributed by atoms with van der Waals surface area (Å²) in [4.78, 5) is 12.5. The van der Waals surface area contributed by atoms with Gasteiger partial charge in [-0.05, 0) is 52.3 Å². The molecule has 1 amide bonds. The molecule has 0 saturated carbocycles. The van der Waals surface area contributed by atoms with Crippen molar-refractivity contribution in [1.82, 2.24) is 5.32 Å². The van der Waals surface area contributed by atoms with Crippen LogP contribution in [0.2, 0.25) is 0 Å². The van der Waals surface area contributed by atoms with Crippen LogP contribution in [0.5, 0.6) is 0 Å². The summed E-state index contributed by atoms with van der Waals surface area (Å²) in [7, 11) is 0. The smallest absolute Gasteiger partial charge is 0.252 e. The highest BCUT2D eigenvalue weighted by molar-refractivity contribution is 14.1. The second-order valence-electron chi connectivity index (χ2n) is 5.36. The Kier molecular flexibility index (Phi) is 3.99. The minimum absolute atomic E-state index is 0.135. The number of halogens is 1. The molecule has 0 fully saturated rings. The lowest BCUT2D eigenvalue weighted by atomic mass is 10.1. The lowest BCUT2D eigenvalue weighted by Crippen LogP contribution is -2.34. The first kappa shape index (κ1) is 14.5. The predicted molar refractivity (Wildman–Crippen MR) is 90.3 cm³/mol. The number of hydrogen-bond acceptors (Lipinski definition) is 2. The molecule has 1 aliphatic carbocycles. The molecule has 4 heteroatoms. The maximum absolute atomic E-state index is 12.5. The third-order valence-corrected chi connectivity index (χ3v) is 5.36. The molecule has 0 unspecified atom stereocenters. The van der Waals surface area contributed by atoms with Crippen molar-refractivity contribution in [2.24, 2.45) is 0 Å². The molecule has 3 rings (SSSR count). The van der Waals surface area contributed by atoms with Crippen LogP contribution in [0.3, 0.4) is 0 Å². The summed E-state index contributed by atoms with van der Waals surface area (Å²) < 4.78 is 0.952. The van der Waals surface area contributed by atoms with E-state index in [2.05, 4.69) is 27.9 Å². The zero-order valence-corrected chi connectivity index (χ0v) is 13.8. The second kappa shape index (κ2) is 5.77. The van der Waals surface area contributed by atoms with Crippen molar-refractivity contribution >= 4 is 28.5 Å². The van der Waals surface area contributed by atoms with Crippen molar-refractivity contribution in [1.29, 1.82) is 0 Å². The van der Waals surface area contributed by atoms with Crippen LogP contribution < -0.4 is 5.32 Å². The van der Waals surface area contributed by atoms with Crippen molar-refractivity contribution in [3.63, 3.8) is 0 Å². The Hall–Kier alpha value is -1.40. The molecule has 3 nitrogen and oxygen atoms in total. The van der Waals surface area contributed by atoms with Gasteiger partial charge in [0.25, 0.3) is 5.91 Å². The van der Waals surface area contributed by atoms with Crippen molar-refractivity contribution in [2.45, 2.75) is 25.5 Å². The van der Waals surface area contributed by atoms with Gasteiger partial charge in [0.05, 0.1) is 17.7 Å². The Balaban J connectivity index is 1.87. The number of benzene rings is 2. The lowest BCUT2D eigenvalue weighted by Gasteiger charge is -2.18. The topological polar surface area (TPSA) is 49.3 Å². The SMILES string of the molecule is Cc1cccc(C(=O)N[C@H]2c3ccccc3C[C@H]2O)c1I. The van der Waals surface area contributed by atoms with Gasteiger partial charge in [0, 0.05) is 9.99 Å². The quantitative estimate of drug-likeness (QED) is 0.771. The first-order valence-electron chi connectivity index (χ1n) is 6.90. The van der Waals surface area contributed by atoms with E-state index in [0.717, 1.165) is 20.3 Å². The van der Waals surface area contributed by atoms with Crippen LogP contribution in [-0.4, -0.2) is 17.1 Å². The highest BCUT2D eigenvalue weighted by Gasteiger charge is 2.32. The second-order valence-corrected chi connectivity index (χ2v) is 6.44. The Bertz CT molecular complexity index is 699. The Morgan fingerprint density at radius 2 is 2.00 bits per heavy atom. The molecule has 2 atom stereocenters. The van der Waals surface area contributed by atoms with E-state index in [1.165, 1.54) is 0 Å². The summed E-state index contributed by atoms with van der Waals surface area (Å²) in [5.41, 5.74) is 3.86. The van der Waals surface area contributed by atoms with E-state index >= 15 is 0 Å². The summed E-state index contributed by atoms with van der Waals surface area (Å²) in [5.74, 6) is -0.135. The monoisotopic (exact) mass is 393 g/mol. The summed E-state index contributed by atoms with van der Waals surface area (Å²) in [6.45, 7) is 1.98. The molecule has 0 heterocycles. The molecule has 0 bridgehead atoms. The minimum atomic E-state index is -0.561. The fourth-order valence-corrected chi connectivity index (χ4v) is 3.39. The highest BCUT2D eigenvalue weighted by atomic mass is 127. The van der Waals surface area contributed by atoms with Gasteiger partial charge in [-0.25, -0.2) is 0 Å². The number of nitrogens with one attached hydrogen (secondary N) is 1. The average Bonchev–Trinajstić information content (AvgIpc) is 2.78. The number of carbonyl (C=O) groups is 1. The van der Waals surface area contributed by atoms with E-state index in [1.807, 2.05) is 49.4 Å².